The molecule has 0 saturated carbocycles. The Hall–Kier alpha value is -0.580. The van der Waals surface area contributed by atoms with E-state index in [4.69, 9.17) is 0 Å². The lowest BCUT2D eigenvalue weighted by atomic mass is 10.00. The van der Waals surface area contributed by atoms with E-state index in [0.29, 0.717) is 0 Å². The zero-order valence-corrected chi connectivity index (χ0v) is 13.7. The van der Waals surface area contributed by atoms with Gasteiger partial charge in [-0.05, 0) is 45.2 Å². The molecule has 0 aliphatic carbocycles. The first kappa shape index (κ1) is 14.8. The van der Waals surface area contributed by atoms with Gasteiger partial charge < -0.3 is 5.32 Å². The third-order valence-electron chi connectivity index (χ3n) is 4.00. The number of piperazine rings is 1. The van der Waals surface area contributed by atoms with Gasteiger partial charge in [0.1, 0.15) is 0 Å². The number of rotatable bonds is 4. The Morgan fingerprint density at radius 2 is 1.89 bits per heavy atom. The quantitative estimate of drug-likeness (QED) is 0.918. The lowest BCUT2D eigenvalue weighted by molar-refractivity contribution is 0.0423. The molecule has 0 spiro atoms. The Labute approximate surface area is 125 Å². The van der Waals surface area contributed by atoms with E-state index in [0.717, 1.165) is 30.7 Å². The Morgan fingerprint density at radius 3 is 2.53 bits per heavy atom. The van der Waals surface area contributed by atoms with Gasteiger partial charge in [-0.25, -0.2) is 0 Å². The van der Waals surface area contributed by atoms with Crippen LogP contribution in [-0.2, 0) is 0 Å². The molecule has 0 radical (unpaired) electrons. The summed E-state index contributed by atoms with van der Waals surface area (Å²) in [6.45, 7) is 10.2. The first-order chi connectivity index (χ1) is 8.97. The maximum absolute atomic E-state index is 3.48. The van der Waals surface area contributed by atoms with E-state index < -0.39 is 0 Å². The molecule has 1 saturated heterocycles. The number of nitrogens with zero attached hydrogens (tertiary/aromatic N) is 2. The summed E-state index contributed by atoms with van der Waals surface area (Å²) in [5.74, 6) is 0. The minimum atomic E-state index is 0.288. The van der Waals surface area contributed by atoms with E-state index in [-0.39, 0.29) is 5.54 Å². The van der Waals surface area contributed by atoms with Gasteiger partial charge in [0, 0.05) is 48.4 Å². The second-order valence-corrected chi connectivity index (χ2v) is 6.86. The van der Waals surface area contributed by atoms with Crippen LogP contribution in [0.3, 0.4) is 0 Å². The zero-order chi connectivity index (χ0) is 13.9. The summed E-state index contributed by atoms with van der Waals surface area (Å²) < 4.78 is 1.12. The average molecular weight is 326 g/mol. The van der Waals surface area contributed by atoms with E-state index in [2.05, 4.69) is 76.2 Å². The fourth-order valence-electron chi connectivity index (χ4n) is 2.46. The predicted octanol–water partition coefficient (Wildman–Crippen LogP) is 2.89. The highest BCUT2D eigenvalue weighted by molar-refractivity contribution is 9.10. The van der Waals surface area contributed by atoms with Crippen molar-refractivity contribution < 1.29 is 0 Å². The zero-order valence-electron chi connectivity index (χ0n) is 12.1. The number of hydrogen-bond donors (Lipinski definition) is 1. The molecular weight excluding hydrogens is 302 g/mol. The number of likely N-dealkylation sites (N-methyl/N-ethyl adjacent to an activating group) is 1. The van der Waals surface area contributed by atoms with Crippen molar-refractivity contribution in [2.24, 2.45) is 0 Å². The summed E-state index contributed by atoms with van der Waals surface area (Å²) in [7, 11) is 2.22. The molecule has 106 valence electrons. The summed E-state index contributed by atoms with van der Waals surface area (Å²) in [6.07, 6.45) is 0. The monoisotopic (exact) mass is 325 g/mol. The Morgan fingerprint density at radius 1 is 1.21 bits per heavy atom. The number of benzene rings is 1. The summed E-state index contributed by atoms with van der Waals surface area (Å²) in [5, 5.41) is 3.48. The second-order valence-electron chi connectivity index (χ2n) is 5.94. The van der Waals surface area contributed by atoms with E-state index in [1.165, 1.54) is 12.2 Å². The van der Waals surface area contributed by atoms with Gasteiger partial charge >= 0.3 is 0 Å². The van der Waals surface area contributed by atoms with E-state index in [1.807, 2.05) is 0 Å². The number of hydrogen-bond acceptors (Lipinski definition) is 3. The molecule has 1 fully saturated rings. The van der Waals surface area contributed by atoms with Crippen LogP contribution in [0.5, 0.6) is 0 Å². The maximum Gasteiger partial charge on any atom is 0.0341 e. The van der Waals surface area contributed by atoms with Gasteiger partial charge in [0.15, 0.2) is 0 Å². The fourth-order valence-corrected chi connectivity index (χ4v) is 2.72. The molecule has 0 aromatic heterocycles. The van der Waals surface area contributed by atoms with Crippen molar-refractivity contribution in [2.45, 2.75) is 19.4 Å². The molecule has 1 aliphatic rings. The van der Waals surface area contributed by atoms with E-state index >= 15 is 0 Å². The Bertz CT molecular complexity index is 402. The van der Waals surface area contributed by atoms with Gasteiger partial charge in [-0.15, -0.1) is 0 Å². The van der Waals surface area contributed by atoms with Gasteiger partial charge in [0.25, 0.3) is 0 Å². The third kappa shape index (κ3) is 4.20. The van der Waals surface area contributed by atoms with Gasteiger partial charge in [-0.1, -0.05) is 15.9 Å². The summed E-state index contributed by atoms with van der Waals surface area (Å²) in [5.41, 5.74) is 1.48. The van der Waals surface area contributed by atoms with Crippen LogP contribution < -0.4 is 5.32 Å². The first-order valence-electron chi connectivity index (χ1n) is 6.90. The van der Waals surface area contributed by atoms with Crippen molar-refractivity contribution in [1.29, 1.82) is 0 Å². The molecule has 1 heterocycles. The topological polar surface area (TPSA) is 18.5 Å². The van der Waals surface area contributed by atoms with Crippen molar-refractivity contribution >= 4 is 21.6 Å². The smallest absolute Gasteiger partial charge is 0.0341 e. The number of nitrogens with one attached hydrogen (secondary N) is 1. The molecule has 0 bridgehead atoms. The SMILES string of the molecule is CN1CCN(CCNc2ccc(Br)cc2)CC1(C)C. The number of halogens is 1. The van der Waals surface area contributed by atoms with Crippen LogP contribution in [0.2, 0.25) is 0 Å². The van der Waals surface area contributed by atoms with Crippen molar-refractivity contribution in [3.8, 4) is 0 Å². The molecule has 1 aromatic carbocycles. The molecule has 2 rings (SSSR count). The molecule has 19 heavy (non-hydrogen) atoms. The Kier molecular flexibility index (Phi) is 4.87. The van der Waals surface area contributed by atoms with Gasteiger partial charge in [-0.3, -0.25) is 9.80 Å². The summed E-state index contributed by atoms with van der Waals surface area (Å²) >= 11 is 3.45. The normalized spacial score (nSPS) is 20.4. The molecule has 4 heteroatoms. The highest BCUT2D eigenvalue weighted by atomic mass is 79.9. The molecule has 0 atom stereocenters. The van der Waals surface area contributed by atoms with Gasteiger partial charge in [0.05, 0.1) is 0 Å². The van der Waals surface area contributed by atoms with Gasteiger partial charge in [0.2, 0.25) is 0 Å². The fraction of sp³-hybridized carbons (Fsp3) is 0.600. The standard InChI is InChI=1S/C15H24BrN3/c1-15(2)12-19(11-10-18(15)3)9-8-17-14-6-4-13(16)5-7-14/h4-7,17H,8-12H2,1-3H3. The highest BCUT2D eigenvalue weighted by Crippen LogP contribution is 2.18. The van der Waals surface area contributed by atoms with Crippen LogP contribution in [-0.4, -0.2) is 55.1 Å². The summed E-state index contributed by atoms with van der Waals surface area (Å²) in [4.78, 5) is 5.00. The largest absolute Gasteiger partial charge is 0.384 e. The van der Waals surface area contributed by atoms with Crippen LogP contribution >= 0.6 is 15.9 Å². The lowest BCUT2D eigenvalue weighted by Gasteiger charge is -2.45. The second kappa shape index (κ2) is 6.25. The molecule has 1 aromatic rings. The minimum Gasteiger partial charge on any atom is -0.384 e. The van der Waals surface area contributed by atoms with Crippen molar-refractivity contribution in [3.05, 3.63) is 28.7 Å². The van der Waals surface area contributed by atoms with Crippen LogP contribution in [0.25, 0.3) is 0 Å². The molecular formula is C15H24BrN3. The maximum atomic E-state index is 3.48. The highest BCUT2D eigenvalue weighted by Gasteiger charge is 2.30. The van der Waals surface area contributed by atoms with Crippen LogP contribution in [0.4, 0.5) is 5.69 Å². The third-order valence-corrected chi connectivity index (χ3v) is 4.53. The van der Waals surface area contributed by atoms with Gasteiger partial charge in [-0.2, -0.15) is 0 Å². The van der Waals surface area contributed by atoms with E-state index in [9.17, 15) is 0 Å². The van der Waals surface area contributed by atoms with Crippen molar-refractivity contribution in [3.63, 3.8) is 0 Å². The van der Waals surface area contributed by atoms with Crippen LogP contribution in [0.15, 0.2) is 28.7 Å². The first-order valence-corrected chi connectivity index (χ1v) is 7.70. The molecule has 1 aliphatic heterocycles. The molecule has 0 amide bonds. The van der Waals surface area contributed by atoms with Crippen LogP contribution in [0, 0.1) is 0 Å². The predicted molar refractivity (Wildman–Crippen MR) is 85.8 cm³/mol. The average Bonchev–Trinajstić information content (AvgIpc) is 2.36. The summed E-state index contributed by atoms with van der Waals surface area (Å²) in [6, 6.07) is 8.36. The Balaban J connectivity index is 1.76. The molecule has 0 unspecified atom stereocenters. The molecule has 1 N–H and O–H groups in total. The van der Waals surface area contributed by atoms with E-state index in [1.54, 1.807) is 0 Å². The minimum absolute atomic E-state index is 0.288. The van der Waals surface area contributed by atoms with Crippen LogP contribution in [0.1, 0.15) is 13.8 Å². The number of anilines is 1. The van der Waals surface area contributed by atoms with Crippen molar-refractivity contribution in [1.82, 2.24) is 9.80 Å². The molecule has 3 nitrogen and oxygen atoms in total. The van der Waals surface area contributed by atoms with Crippen molar-refractivity contribution in [2.75, 3.05) is 45.1 Å². The lowest BCUT2D eigenvalue weighted by Crippen LogP contribution is -2.58.